The molecular formula is C35H50FN7O2. The minimum absolute atomic E-state index is 0.101. The number of halogens is 1. The van der Waals surface area contributed by atoms with Crippen molar-refractivity contribution in [1.29, 1.82) is 0 Å². The van der Waals surface area contributed by atoms with E-state index in [4.69, 9.17) is 15.2 Å². The summed E-state index contributed by atoms with van der Waals surface area (Å²) in [7, 11) is 1.82. The molecule has 3 heterocycles. The van der Waals surface area contributed by atoms with Crippen molar-refractivity contribution in [2.75, 3.05) is 18.5 Å². The molecule has 0 radical (unpaired) electrons. The van der Waals surface area contributed by atoms with E-state index in [1.54, 1.807) is 21.4 Å². The largest absolute Gasteiger partial charge is 0.438 e. The van der Waals surface area contributed by atoms with Crippen molar-refractivity contribution in [3.8, 4) is 11.6 Å². The lowest BCUT2D eigenvalue weighted by Gasteiger charge is -2.17. The summed E-state index contributed by atoms with van der Waals surface area (Å²) in [6.07, 6.45) is 19.5. The van der Waals surface area contributed by atoms with E-state index < -0.39 is 5.82 Å². The smallest absolute Gasteiger partial charge is 0.236 e. The Kier molecular flexibility index (Phi) is 12.9. The van der Waals surface area contributed by atoms with E-state index in [1.165, 1.54) is 57.6 Å². The van der Waals surface area contributed by atoms with Gasteiger partial charge in [-0.15, -0.1) is 0 Å². The first kappa shape index (κ1) is 34.1. The van der Waals surface area contributed by atoms with Gasteiger partial charge in [-0.1, -0.05) is 96.4 Å². The summed E-state index contributed by atoms with van der Waals surface area (Å²) < 4.78 is 30.8. The van der Waals surface area contributed by atoms with Crippen LogP contribution in [0.15, 0.2) is 48.8 Å². The predicted octanol–water partition coefficient (Wildman–Crippen LogP) is 8.73. The molecule has 4 rings (SSSR count). The lowest BCUT2D eigenvalue weighted by atomic mass is 9.89. The number of anilines is 2. The summed E-state index contributed by atoms with van der Waals surface area (Å²) in [4.78, 5) is 9.13. The van der Waals surface area contributed by atoms with E-state index in [0.717, 1.165) is 18.4 Å². The fourth-order valence-electron chi connectivity index (χ4n) is 5.19. The summed E-state index contributed by atoms with van der Waals surface area (Å²) in [5.41, 5.74) is 7.33. The normalized spacial score (nSPS) is 12.0. The third-order valence-corrected chi connectivity index (χ3v) is 7.56. The second-order valence-electron chi connectivity index (χ2n) is 12.8. The molecule has 0 aliphatic rings. The van der Waals surface area contributed by atoms with Gasteiger partial charge in [0, 0.05) is 38.7 Å². The van der Waals surface area contributed by atoms with Crippen molar-refractivity contribution >= 4 is 28.9 Å². The first-order chi connectivity index (χ1) is 21.7. The molecule has 4 aromatic rings. The molecule has 3 N–H and O–H groups in total. The number of hydrogen-bond acceptors (Lipinski definition) is 7. The molecular weight excluding hydrogens is 569 g/mol. The summed E-state index contributed by atoms with van der Waals surface area (Å²) in [6, 6.07) is 9.25. The van der Waals surface area contributed by atoms with Crippen molar-refractivity contribution in [1.82, 2.24) is 24.3 Å². The first-order valence-electron chi connectivity index (χ1n) is 16.3. The average molecular weight is 620 g/mol. The highest BCUT2D eigenvalue weighted by molar-refractivity contribution is 5.84. The summed E-state index contributed by atoms with van der Waals surface area (Å²) in [5.74, 6) is 0.937. The molecule has 0 spiro atoms. The SMILES string of the molecule is Cn1ccc(Nc2nc(Oc3cccc(C=CCN)c3)c3c(F)cn(COCCCCCCCCCCCC(C)(C)C)c3n2)n1. The Morgan fingerprint density at radius 1 is 0.978 bits per heavy atom. The number of nitrogens with two attached hydrogens (primary N) is 1. The van der Waals surface area contributed by atoms with Crippen LogP contribution in [0, 0.1) is 11.2 Å². The van der Waals surface area contributed by atoms with Crippen molar-refractivity contribution in [2.24, 2.45) is 18.2 Å². The zero-order chi connectivity index (χ0) is 32.1. The molecule has 10 heteroatoms. The molecule has 0 amide bonds. The lowest BCUT2D eigenvalue weighted by Crippen LogP contribution is -2.06. The van der Waals surface area contributed by atoms with Gasteiger partial charge >= 0.3 is 0 Å². The molecule has 0 unspecified atom stereocenters. The molecule has 0 aliphatic heterocycles. The number of rotatable bonds is 19. The van der Waals surface area contributed by atoms with E-state index >= 15 is 4.39 Å². The molecule has 244 valence electrons. The van der Waals surface area contributed by atoms with Crippen molar-refractivity contribution in [2.45, 2.75) is 91.7 Å². The maximum Gasteiger partial charge on any atom is 0.236 e. The Bertz CT molecular complexity index is 1510. The zero-order valence-electron chi connectivity index (χ0n) is 27.4. The van der Waals surface area contributed by atoms with Crippen LogP contribution in [0.4, 0.5) is 16.2 Å². The Morgan fingerprint density at radius 3 is 2.40 bits per heavy atom. The number of ether oxygens (including phenoxy) is 2. The highest BCUT2D eigenvalue weighted by atomic mass is 19.1. The minimum atomic E-state index is -0.481. The van der Waals surface area contributed by atoms with Gasteiger partial charge in [0.05, 0.1) is 0 Å². The van der Waals surface area contributed by atoms with Crippen LogP contribution in [0.25, 0.3) is 17.1 Å². The first-order valence-corrected chi connectivity index (χ1v) is 16.3. The molecule has 3 aromatic heterocycles. The van der Waals surface area contributed by atoms with E-state index in [9.17, 15) is 0 Å². The van der Waals surface area contributed by atoms with Gasteiger partial charge < -0.3 is 25.1 Å². The Labute approximate surface area is 267 Å². The van der Waals surface area contributed by atoms with E-state index in [2.05, 4.69) is 41.2 Å². The summed E-state index contributed by atoms with van der Waals surface area (Å²) >= 11 is 0. The van der Waals surface area contributed by atoms with Gasteiger partial charge in [-0.3, -0.25) is 4.68 Å². The van der Waals surface area contributed by atoms with Crippen molar-refractivity contribution < 1.29 is 13.9 Å². The van der Waals surface area contributed by atoms with Crippen LogP contribution in [0.2, 0.25) is 0 Å². The Morgan fingerprint density at radius 2 is 1.71 bits per heavy atom. The van der Waals surface area contributed by atoms with Crippen LogP contribution in [0.3, 0.4) is 0 Å². The molecule has 0 fully saturated rings. The number of unbranched alkanes of at least 4 members (excludes halogenated alkanes) is 8. The van der Waals surface area contributed by atoms with Crippen LogP contribution in [0.5, 0.6) is 11.6 Å². The molecule has 45 heavy (non-hydrogen) atoms. The molecule has 0 bridgehead atoms. The second kappa shape index (κ2) is 17.1. The highest BCUT2D eigenvalue weighted by Crippen LogP contribution is 2.33. The van der Waals surface area contributed by atoms with Gasteiger partial charge in [0.15, 0.2) is 17.3 Å². The maximum atomic E-state index is 15.4. The molecule has 1 aromatic carbocycles. The predicted molar refractivity (Wildman–Crippen MR) is 180 cm³/mol. The summed E-state index contributed by atoms with van der Waals surface area (Å²) in [5, 5.41) is 7.64. The number of aromatic nitrogens is 5. The third kappa shape index (κ3) is 11.3. The van der Waals surface area contributed by atoms with Gasteiger partial charge in [-0.2, -0.15) is 15.1 Å². The van der Waals surface area contributed by atoms with Gasteiger partial charge in [-0.25, -0.2) is 4.39 Å². The lowest BCUT2D eigenvalue weighted by molar-refractivity contribution is 0.0760. The van der Waals surface area contributed by atoms with Crippen LogP contribution < -0.4 is 15.8 Å². The zero-order valence-corrected chi connectivity index (χ0v) is 27.4. The number of nitrogens with zero attached hydrogens (tertiary/aromatic N) is 5. The molecule has 9 nitrogen and oxygen atoms in total. The van der Waals surface area contributed by atoms with Gasteiger partial charge in [-0.05, 0) is 36.0 Å². The second-order valence-corrected chi connectivity index (χ2v) is 12.8. The highest BCUT2D eigenvalue weighted by Gasteiger charge is 2.20. The number of fused-ring (bicyclic) bond motifs is 1. The van der Waals surface area contributed by atoms with Crippen molar-refractivity contribution in [3.63, 3.8) is 0 Å². The van der Waals surface area contributed by atoms with Crippen LogP contribution in [-0.2, 0) is 18.5 Å². The summed E-state index contributed by atoms with van der Waals surface area (Å²) in [6.45, 7) is 8.16. The van der Waals surface area contributed by atoms with Crippen molar-refractivity contribution in [3.05, 3.63) is 60.2 Å². The number of hydrogen-bond donors (Lipinski definition) is 2. The topological polar surface area (TPSA) is 105 Å². The number of nitrogens with one attached hydrogen (secondary N) is 1. The Hall–Kier alpha value is -3.76. The van der Waals surface area contributed by atoms with Gasteiger partial charge in [0.25, 0.3) is 0 Å². The third-order valence-electron chi connectivity index (χ3n) is 7.56. The molecule has 0 aliphatic carbocycles. The molecule has 0 saturated heterocycles. The molecule has 0 atom stereocenters. The monoisotopic (exact) mass is 619 g/mol. The fourth-order valence-corrected chi connectivity index (χ4v) is 5.19. The maximum absolute atomic E-state index is 15.4. The number of benzene rings is 1. The quantitative estimate of drug-likeness (QED) is 0.101. The van der Waals surface area contributed by atoms with Crippen LogP contribution in [0.1, 0.15) is 90.5 Å². The van der Waals surface area contributed by atoms with E-state index in [1.807, 2.05) is 43.6 Å². The van der Waals surface area contributed by atoms with Gasteiger partial charge in [0.1, 0.15) is 17.9 Å². The standard InChI is InChI=1S/C35H50FN7O2/c1-35(2,3)20-12-10-8-6-5-7-9-11-13-23-44-26-43-25-29(36)31-32(43)39-34(38-30-19-22-42(4)41-30)40-33(31)45-28-18-14-16-27(24-28)17-15-21-37/h14-19,22,24-25H,5-13,20-21,23,26,37H2,1-4H3,(H,38,39,40,41). The average Bonchev–Trinajstić information content (AvgIpc) is 3.55. The van der Waals surface area contributed by atoms with E-state index in [-0.39, 0.29) is 23.9 Å². The molecule has 0 saturated carbocycles. The fraction of sp³-hybridized carbons (Fsp3) is 0.514. The number of aryl methyl sites for hydroxylation is 1. The van der Waals surface area contributed by atoms with Crippen LogP contribution in [-0.4, -0.2) is 37.5 Å². The van der Waals surface area contributed by atoms with E-state index in [0.29, 0.717) is 35.8 Å². The Balaban J connectivity index is 1.33. The van der Waals surface area contributed by atoms with Crippen LogP contribution >= 0.6 is 0 Å². The minimum Gasteiger partial charge on any atom is -0.438 e. The van der Waals surface area contributed by atoms with Gasteiger partial charge in [0.2, 0.25) is 11.8 Å².